The number of hydrogen-bond donors (Lipinski definition) is 0. The van der Waals surface area contributed by atoms with Crippen LogP contribution in [0.2, 0.25) is 0 Å². The van der Waals surface area contributed by atoms with Crippen molar-refractivity contribution in [3.05, 3.63) is 91.0 Å². The molecule has 0 fully saturated rings. The van der Waals surface area contributed by atoms with Crippen LogP contribution in [0.3, 0.4) is 0 Å². The molecule has 0 bridgehead atoms. The molecule has 0 unspecified atom stereocenters. The van der Waals surface area contributed by atoms with Crippen molar-refractivity contribution >= 4 is 38.1 Å². The van der Waals surface area contributed by atoms with Crippen molar-refractivity contribution in [3.8, 4) is 11.1 Å². The van der Waals surface area contributed by atoms with E-state index >= 15 is 0 Å². The fourth-order valence-corrected chi connectivity index (χ4v) is 4.16. The van der Waals surface area contributed by atoms with Gasteiger partial charge in [-0.25, -0.2) is 11.1 Å². The van der Waals surface area contributed by atoms with Crippen molar-refractivity contribution < 1.29 is 32.7 Å². The van der Waals surface area contributed by atoms with Crippen LogP contribution in [0.25, 0.3) is 49.2 Å². The predicted molar refractivity (Wildman–Crippen MR) is 104 cm³/mol. The summed E-state index contributed by atoms with van der Waals surface area (Å²) in [5, 5.41) is 5.19. The zero-order valence-electron chi connectivity index (χ0n) is 14.0. The number of benzene rings is 4. The molecule has 6 aromatic rings. The van der Waals surface area contributed by atoms with Crippen LogP contribution >= 0.6 is 0 Å². The van der Waals surface area contributed by atoms with Crippen molar-refractivity contribution in [2.75, 3.05) is 0 Å². The maximum Gasteiger partial charge on any atom is 0.0509 e. The number of hydrogen-bond acceptors (Lipinski definition) is 0. The molecule has 1 radical (unpaired) electrons. The maximum absolute atomic E-state index is 3.47. The Hall–Kier alpha value is -2.22. The van der Waals surface area contributed by atoms with Gasteiger partial charge >= 0.3 is 0 Å². The number of para-hydroxylation sites is 2. The van der Waals surface area contributed by atoms with E-state index in [2.05, 4.69) is 77.2 Å². The number of aromatic nitrogens is 1. The summed E-state index contributed by atoms with van der Waals surface area (Å²) in [6.45, 7) is 0. The second-order valence-corrected chi connectivity index (χ2v) is 6.45. The Morgan fingerprint density at radius 3 is 2.15 bits per heavy atom. The summed E-state index contributed by atoms with van der Waals surface area (Å²) < 4.78 is 2.40. The third-order valence-corrected chi connectivity index (χ3v) is 5.16. The first-order valence-corrected chi connectivity index (χ1v) is 8.48. The summed E-state index contributed by atoms with van der Waals surface area (Å²) in [6.07, 6.45) is 0. The van der Waals surface area contributed by atoms with Gasteiger partial charge in [-0.3, -0.25) is 0 Å². The van der Waals surface area contributed by atoms with E-state index in [4.69, 9.17) is 0 Å². The predicted octanol–water partition coefficient (Wildman–Crippen LogP) is 6.10. The van der Waals surface area contributed by atoms with E-state index in [1.807, 2.05) is 18.2 Å². The largest absolute Gasteiger partial charge is 0.359 e. The first-order chi connectivity index (χ1) is 12.4. The number of nitrogens with zero attached hydrogens (tertiary/aromatic N) is 1. The Balaban J connectivity index is 0.00000150. The fraction of sp³-hybridized carbons (Fsp3) is 0. The first kappa shape index (κ1) is 16.0. The van der Waals surface area contributed by atoms with Gasteiger partial charge in [0.05, 0.1) is 5.52 Å². The molecule has 0 aliphatic carbocycles. The Bertz CT molecular complexity index is 1380. The summed E-state index contributed by atoms with van der Waals surface area (Å²) in [5.41, 5.74) is 5.96. The van der Waals surface area contributed by atoms with Crippen LogP contribution in [-0.2, 0) is 32.7 Å². The molecule has 0 saturated heterocycles. The fourth-order valence-electron chi connectivity index (χ4n) is 4.16. The third-order valence-electron chi connectivity index (χ3n) is 5.16. The molecule has 0 aliphatic heterocycles. The molecule has 0 atom stereocenters. The monoisotopic (exact) mass is 404 g/mol. The van der Waals surface area contributed by atoms with Crippen molar-refractivity contribution in [2.45, 2.75) is 0 Å². The minimum atomic E-state index is 0. The van der Waals surface area contributed by atoms with E-state index in [0.717, 1.165) is 11.1 Å². The Labute approximate surface area is 176 Å². The second-order valence-electron chi connectivity index (χ2n) is 6.45. The van der Waals surface area contributed by atoms with Crippen LogP contribution in [0.15, 0.2) is 78.9 Å². The van der Waals surface area contributed by atoms with Crippen molar-refractivity contribution in [1.29, 1.82) is 0 Å². The average Bonchev–Trinajstić information content (AvgIpc) is 3.20. The summed E-state index contributed by atoms with van der Waals surface area (Å²) in [7, 11) is 0. The van der Waals surface area contributed by atoms with Gasteiger partial charge in [-0.2, -0.15) is 36.4 Å². The van der Waals surface area contributed by atoms with Gasteiger partial charge < -0.3 is 4.40 Å². The Morgan fingerprint density at radius 2 is 1.31 bits per heavy atom. The molecule has 0 spiro atoms. The van der Waals surface area contributed by atoms with Crippen LogP contribution < -0.4 is 0 Å². The zero-order chi connectivity index (χ0) is 16.4. The topological polar surface area (TPSA) is 4.41 Å². The van der Waals surface area contributed by atoms with Crippen LogP contribution in [0.1, 0.15) is 0 Å². The molecular formula is C24H13NY-2. The molecule has 1 nitrogen and oxygen atoms in total. The minimum Gasteiger partial charge on any atom is -0.359 e. The maximum atomic E-state index is 3.47. The number of fused-ring (bicyclic) bond motifs is 6. The van der Waals surface area contributed by atoms with Crippen molar-refractivity contribution in [3.63, 3.8) is 0 Å². The Morgan fingerprint density at radius 1 is 0.577 bits per heavy atom. The Kier molecular flexibility index (Phi) is 3.63. The van der Waals surface area contributed by atoms with Gasteiger partial charge in [0, 0.05) is 49.0 Å². The molecule has 6 rings (SSSR count). The van der Waals surface area contributed by atoms with Gasteiger partial charge in [-0.05, 0) is 11.5 Å². The molecule has 4 aromatic carbocycles. The molecule has 2 aromatic heterocycles. The standard InChI is InChI=1S/C24H13N.Y/c1-2-8-16(9-3-1)17-11-6-13-20-21-14-7-12-19-18-10-4-5-15-22(18)25(23(17)20)24(19)21;/h1-8,10,12-15H;/q-2;. The quantitative estimate of drug-likeness (QED) is 0.292. The summed E-state index contributed by atoms with van der Waals surface area (Å²) >= 11 is 0. The van der Waals surface area contributed by atoms with Gasteiger partial charge in [0.2, 0.25) is 0 Å². The molecule has 0 aliphatic rings. The van der Waals surface area contributed by atoms with E-state index in [0.29, 0.717) is 0 Å². The van der Waals surface area contributed by atoms with Crippen LogP contribution in [0.4, 0.5) is 0 Å². The van der Waals surface area contributed by atoms with E-state index in [1.165, 1.54) is 38.1 Å². The molecule has 0 amide bonds. The van der Waals surface area contributed by atoms with E-state index in [1.54, 1.807) is 0 Å². The summed E-state index contributed by atoms with van der Waals surface area (Å²) in [4.78, 5) is 0. The van der Waals surface area contributed by atoms with Crippen molar-refractivity contribution in [1.82, 2.24) is 4.40 Å². The minimum absolute atomic E-state index is 0. The summed E-state index contributed by atoms with van der Waals surface area (Å²) in [6, 6.07) is 34.4. The van der Waals surface area contributed by atoms with Gasteiger partial charge in [0.15, 0.2) is 0 Å². The second kappa shape index (κ2) is 5.91. The van der Waals surface area contributed by atoms with Crippen molar-refractivity contribution in [2.24, 2.45) is 0 Å². The van der Waals surface area contributed by atoms with Gasteiger partial charge in [0.1, 0.15) is 0 Å². The SMILES string of the molecule is [Y].[c-]1ccccc1-c1[c-]ccc2c3cccc4c5ccccc5n(c12)c43. The molecular weight excluding hydrogens is 391 g/mol. The smallest absolute Gasteiger partial charge is 0.0509 e. The van der Waals surface area contributed by atoms with E-state index in [-0.39, 0.29) is 32.7 Å². The average molecular weight is 404 g/mol. The molecule has 2 heteroatoms. The van der Waals surface area contributed by atoms with Gasteiger partial charge in [-0.15, -0.1) is 12.1 Å². The molecule has 0 N–H and O–H groups in total. The molecule has 0 saturated carbocycles. The van der Waals surface area contributed by atoms with E-state index in [9.17, 15) is 0 Å². The summed E-state index contributed by atoms with van der Waals surface area (Å²) in [5.74, 6) is 0. The van der Waals surface area contributed by atoms with Crippen LogP contribution in [-0.4, -0.2) is 4.40 Å². The van der Waals surface area contributed by atoms with Crippen LogP contribution in [0.5, 0.6) is 0 Å². The normalized spacial score (nSPS) is 11.5. The van der Waals surface area contributed by atoms with Gasteiger partial charge in [-0.1, -0.05) is 47.3 Å². The first-order valence-electron chi connectivity index (χ1n) is 8.48. The third kappa shape index (κ3) is 1.99. The molecule has 26 heavy (non-hydrogen) atoms. The van der Waals surface area contributed by atoms with Gasteiger partial charge in [0.25, 0.3) is 0 Å². The number of rotatable bonds is 1. The zero-order valence-corrected chi connectivity index (χ0v) is 16.9. The molecule has 2 heterocycles. The molecule has 119 valence electrons. The van der Waals surface area contributed by atoms with E-state index < -0.39 is 0 Å². The van der Waals surface area contributed by atoms with Crippen LogP contribution in [0, 0.1) is 12.1 Å².